The Morgan fingerprint density at radius 1 is 1.28 bits per heavy atom. The molecule has 25 heavy (non-hydrogen) atoms. The van der Waals surface area contributed by atoms with Gasteiger partial charge in [-0.05, 0) is 31.2 Å². The summed E-state index contributed by atoms with van der Waals surface area (Å²) in [4.78, 5) is 34.3. The molecule has 0 saturated heterocycles. The summed E-state index contributed by atoms with van der Waals surface area (Å²) >= 11 is 5.80. The zero-order valence-corrected chi connectivity index (χ0v) is 13.6. The molecule has 0 aliphatic carbocycles. The number of para-hydroxylation sites is 1. The van der Waals surface area contributed by atoms with E-state index >= 15 is 0 Å². The molecule has 2 aromatic rings. The van der Waals surface area contributed by atoms with Crippen LogP contribution in [0, 0.1) is 15.9 Å². The first kappa shape index (κ1) is 18.3. The number of hydrogen-bond acceptors (Lipinski definition) is 5. The van der Waals surface area contributed by atoms with Gasteiger partial charge in [-0.25, -0.2) is 9.18 Å². The molecule has 1 unspecified atom stereocenters. The average Bonchev–Trinajstić information content (AvgIpc) is 2.57. The fraction of sp³-hybridized carbons (Fsp3) is 0.125. The quantitative estimate of drug-likeness (QED) is 0.495. The highest BCUT2D eigenvalue weighted by Crippen LogP contribution is 2.23. The number of carbonyl (C=O) groups is 2. The first-order valence-electron chi connectivity index (χ1n) is 7.00. The number of ether oxygens (including phenoxy) is 1. The number of nitrogens with zero attached hydrogens (tertiary/aromatic N) is 1. The summed E-state index contributed by atoms with van der Waals surface area (Å²) < 4.78 is 17.9. The zero-order valence-electron chi connectivity index (χ0n) is 12.9. The average molecular weight is 367 g/mol. The third-order valence-electron chi connectivity index (χ3n) is 3.16. The number of rotatable bonds is 5. The van der Waals surface area contributed by atoms with Crippen molar-refractivity contribution in [2.75, 3.05) is 5.32 Å². The van der Waals surface area contributed by atoms with Gasteiger partial charge < -0.3 is 10.1 Å². The highest BCUT2D eigenvalue weighted by molar-refractivity contribution is 6.33. The number of benzene rings is 2. The van der Waals surface area contributed by atoms with Crippen LogP contribution in [0.2, 0.25) is 5.02 Å². The maximum Gasteiger partial charge on any atom is 0.345 e. The van der Waals surface area contributed by atoms with Crippen LogP contribution in [0.4, 0.5) is 15.8 Å². The van der Waals surface area contributed by atoms with Gasteiger partial charge in [0.15, 0.2) is 6.10 Å². The standard InChI is InChI=1S/C16H12ClFN2O5/c1-9(15(21)19-13-7-6-10(18)8-12(13)17)25-16(22)11-4-2-3-5-14(11)20(23)24/h2-9H,1H3,(H,19,21). The van der Waals surface area contributed by atoms with E-state index in [1.54, 1.807) is 0 Å². The van der Waals surface area contributed by atoms with E-state index < -0.39 is 34.4 Å². The van der Waals surface area contributed by atoms with Gasteiger partial charge in [-0.2, -0.15) is 0 Å². The van der Waals surface area contributed by atoms with Crippen LogP contribution in [0.15, 0.2) is 42.5 Å². The summed E-state index contributed by atoms with van der Waals surface area (Å²) in [6.45, 7) is 1.29. The van der Waals surface area contributed by atoms with Crippen LogP contribution in [-0.4, -0.2) is 22.9 Å². The van der Waals surface area contributed by atoms with E-state index in [9.17, 15) is 24.1 Å². The van der Waals surface area contributed by atoms with Crippen LogP contribution in [0.3, 0.4) is 0 Å². The third-order valence-corrected chi connectivity index (χ3v) is 3.48. The van der Waals surface area contributed by atoms with Crippen molar-refractivity contribution >= 4 is 34.9 Å². The minimum Gasteiger partial charge on any atom is -0.449 e. The molecule has 9 heteroatoms. The minimum atomic E-state index is -1.26. The van der Waals surface area contributed by atoms with Crippen molar-refractivity contribution in [3.8, 4) is 0 Å². The van der Waals surface area contributed by atoms with Gasteiger partial charge >= 0.3 is 5.97 Å². The molecule has 0 heterocycles. The van der Waals surface area contributed by atoms with Gasteiger partial charge in [0.05, 0.1) is 15.6 Å². The number of hydrogen-bond donors (Lipinski definition) is 1. The molecule has 7 nitrogen and oxygen atoms in total. The predicted molar refractivity (Wildman–Crippen MR) is 88.0 cm³/mol. The Morgan fingerprint density at radius 3 is 2.60 bits per heavy atom. The molecule has 2 rings (SSSR count). The molecule has 0 saturated carbocycles. The molecule has 0 bridgehead atoms. The lowest BCUT2D eigenvalue weighted by Gasteiger charge is -2.14. The van der Waals surface area contributed by atoms with Crippen LogP contribution >= 0.6 is 11.6 Å². The van der Waals surface area contributed by atoms with Crippen molar-refractivity contribution in [2.45, 2.75) is 13.0 Å². The first-order chi connectivity index (χ1) is 11.8. The van der Waals surface area contributed by atoms with Gasteiger partial charge in [0.25, 0.3) is 11.6 Å². The smallest absolute Gasteiger partial charge is 0.345 e. The van der Waals surface area contributed by atoms with E-state index in [-0.39, 0.29) is 16.3 Å². The van der Waals surface area contributed by atoms with Crippen molar-refractivity contribution < 1.29 is 23.6 Å². The summed E-state index contributed by atoms with van der Waals surface area (Å²) in [5.74, 6) is -2.31. The fourth-order valence-corrected chi connectivity index (χ4v) is 2.12. The maximum absolute atomic E-state index is 13.0. The number of amides is 1. The van der Waals surface area contributed by atoms with E-state index in [1.807, 2.05) is 0 Å². The molecular weight excluding hydrogens is 355 g/mol. The highest BCUT2D eigenvalue weighted by Gasteiger charge is 2.25. The largest absolute Gasteiger partial charge is 0.449 e. The Balaban J connectivity index is 2.08. The van der Waals surface area contributed by atoms with Crippen molar-refractivity contribution in [1.82, 2.24) is 0 Å². The minimum absolute atomic E-state index is 0.0226. The lowest BCUT2D eigenvalue weighted by atomic mass is 10.2. The lowest BCUT2D eigenvalue weighted by Crippen LogP contribution is -2.30. The van der Waals surface area contributed by atoms with E-state index in [1.165, 1.54) is 31.2 Å². The van der Waals surface area contributed by atoms with Crippen LogP contribution in [0.5, 0.6) is 0 Å². The van der Waals surface area contributed by atoms with Crippen molar-refractivity contribution in [3.05, 3.63) is 69.0 Å². The molecule has 0 aromatic heterocycles. The Kier molecular flexibility index (Phi) is 5.66. The second kappa shape index (κ2) is 7.71. The first-order valence-corrected chi connectivity index (χ1v) is 7.37. The van der Waals surface area contributed by atoms with Crippen LogP contribution in [-0.2, 0) is 9.53 Å². The van der Waals surface area contributed by atoms with E-state index in [0.29, 0.717) is 0 Å². The van der Waals surface area contributed by atoms with E-state index in [2.05, 4.69) is 5.32 Å². The number of nitro groups is 1. The van der Waals surface area contributed by atoms with E-state index in [0.717, 1.165) is 18.2 Å². The molecule has 1 amide bonds. The predicted octanol–water partition coefficient (Wildman–Crippen LogP) is 3.57. The highest BCUT2D eigenvalue weighted by atomic mass is 35.5. The molecule has 0 aliphatic heterocycles. The van der Waals surface area contributed by atoms with Crippen molar-refractivity contribution in [3.63, 3.8) is 0 Å². The van der Waals surface area contributed by atoms with Crippen LogP contribution in [0.25, 0.3) is 0 Å². The Bertz CT molecular complexity index is 843. The monoisotopic (exact) mass is 366 g/mol. The van der Waals surface area contributed by atoms with Crippen LogP contribution < -0.4 is 5.32 Å². The number of nitrogens with one attached hydrogen (secondary N) is 1. The normalized spacial score (nSPS) is 11.5. The van der Waals surface area contributed by atoms with Gasteiger partial charge in [0.1, 0.15) is 11.4 Å². The molecule has 0 aliphatic rings. The number of carbonyl (C=O) groups excluding carboxylic acids is 2. The molecule has 0 fully saturated rings. The summed E-state index contributed by atoms with van der Waals surface area (Å²) in [5, 5.41) is 13.3. The molecule has 1 atom stereocenters. The molecule has 1 N–H and O–H groups in total. The number of nitro benzene ring substituents is 1. The number of esters is 1. The summed E-state index contributed by atoms with van der Waals surface area (Å²) in [7, 11) is 0. The van der Waals surface area contributed by atoms with Crippen LogP contribution in [0.1, 0.15) is 17.3 Å². The Morgan fingerprint density at radius 2 is 1.96 bits per heavy atom. The molecular formula is C16H12ClFN2O5. The Labute approximate surface area is 146 Å². The fourth-order valence-electron chi connectivity index (χ4n) is 1.91. The summed E-state index contributed by atoms with van der Waals surface area (Å²) in [5.41, 5.74) is -0.560. The third kappa shape index (κ3) is 4.51. The van der Waals surface area contributed by atoms with Gasteiger partial charge in [0.2, 0.25) is 0 Å². The van der Waals surface area contributed by atoms with Gasteiger partial charge in [-0.3, -0.25) is 14.9 Å². The van der Waals surface area contributed by atoms with Gasteiger partial charge in [0, 0.05) is 6.07 Å². The number of anilines is 1. The molecule has 0 radical (unpaired) electrons. The lowest BCUT2D eigenvalue weighted by molar-refractivity contribution is -0.385. The van der Waals surface area contributed by atoms with Gasteiger partial charge in [-0.1, -0.05) is 23.7 Å². The number of halogens is 2. The van der Waals surface area contributed by atoms with E-state index in [4.69, 9.17) is 16.3 Å². The second-order valence-corrected chi connectivity index (χ2v) is 5.34. The maximum atomic E-state index is 13.0. The SMILES string of the molecule is CC(OC(=O)c1ccccc1[N+](=O)[O-])C(=O)Nc1ccc(F)cc1Cl. The summed E-state index contributed by atoms with van der Waals surface area (Å²) in [6, 6.07) is 8.59. The molecule has 130 valence electrons. The topological polar surface area (TPSA) is 98.5 Å². The molecule has 2 aromatic carbocycles. The summed E-state index contributed by atoms with van der Waals surface area (Å²) in [6.07, 6.45) is -1.26. The zero-order chi connectivity index (χ0) is 18.6. The van der Waals surface area contributed by atoms with Gasteiger partial charge in [-0.15, -0.1) is 0 Å². The molecule has 0 spiro atoms. The van der Waals surface area contributed by atoms with Crippen molar-refractivity contribution in [1.29, 1.82) is 0 Å². The van der Waals surface area contributed by atoms with Crippen molar-refractivity contribution in [2.24, 2.45) is 0 Å². The second-order valence-electron chi connectivity index (χ2n) is 4.94. The Hall–Kier alpha value is -3.00.